The van der Waals surface area contributed by atoms with Gasteiger partial charge >= 0.3 is 6.36 Å². The van der Waals surface area contributed by atoms with Crippen LogP contribution < -0.4 is 4.74 Å². The summed E-state index contributed by atoms with van der Waals surface area (Å²) in [6, 6.07) is 5.74. The van der Waals surface area contributed by atoms with Gasteiger partial charge < -0.3 is 9.84 Å². The first kappa shape index (κ1) is 16.1. The van der Waals surface area contributed by atoms with Gasteiger partial charge in [0.1, 0.15) is 5.75 Å². The molecule has 2 unspecified atom stereocenters. The van der Waals surface area contributed by atoms with Crippen LogP contribution in [0.4, 0.5) is 13.2 Å². The summed E-state index contributed by atoms with van der Waals surface area (Å²) in [6.07, 6.45) is -2.59. The summed E-state index contributed by atoms with van der Waals surface area (Å²) < 4.78 is 40.2. The predicted octanol–water partition coefficient (Wildman–Crippen LogP) is 4.31. The lowest BCUT2D eigenvalue weighted by Gasteiger charge is -2.28. The Morgan fingerprint density at radius 1 is 1.24 bits per heavy atom. The average Bonchev–Trinajstić information content (AvgIpc) is 2.48. The van der Waals surface area contributed by atoms with Crippen molar-refractivity contribution in [2.75, 3.05) is 0 Å². The van der Waals surface area contributed by atoms with E-state index in [-0.39, 0.29) is 17.1 Å². The lowest BCUT2D eigenvalue weighted by molar-refractivity contribution is -0.274. The van der Waals surface area contributed by atoms with Crippen LogP contribution in [0.5, 0.6) is 5.75 Å². The van der Waals surface area contributed by atoms with E-state index in [1.807, 2.05) is 6.92 Å². The van der Waals surface area contributed by atoms with Gasteiger partial charge in [0.05, 0.1) is 5.60 Å². The lowest BCUT2D eigenvalue weighted by Crippen LogP contribution is -2.34. The van der Waals surface area contributed by atoms with Crippen LogP contribution in [-0.2, 0) is 6.42 Å². The zero-order valence-corrected chi connectivity index (χ0v) is 12.5. The van der Waals surface area contributed by atoms with Crippen molar-refractivity contribution in [1.29, 1.82) is 0 Å². The third kappa shape index (κ3) is 4.13. The van der Waals surface area contributed by atoms with E-state index in [4.69, 9.17) is 0 Å². The highest BCUT2D eigenvalue weighted by Crippen LogP contribution is 2.48. The van der Waals surface area contributed by atoms with Crippen LogP contribution in [0.2, 0.25) is 0 Å². The van der Waals surface area contributed by atoms with E-state index in [0.717, 1.165) is 12.0 Å². The Kier molecular flexibility index (Phi) is 4.00. The highest BCUT2D eigenvalue weighted by Gasteiger charge is 2.47. The summed E-state index contributed by atoms with van der Waals surface area (Å²) in [5, 5.41) is 10.8. The molecule has 0 radical (unpaired) electrons. The highest BCUT2D eigenvalue weighted by molar-refractivity contribution is 5.29. The fourth-order valence-corrected chi connectivity index (χ4v) is 3.49. The van der Waals surface area contributed by atoms with E-state index in [2.05, 4.69) is 18.6 Å². The molecule has 0 aromatic heterocycles. The Hall–Kier alpha value is -1.23. The molecule has 0 spiro atoms. The molecule has 118 valence electrons. The maximum Gasteiger partial charge on any atom is 0.573 e. The van der Waals surface area contributed by atoms with E-state index in [1.54, 1.807) is 12.1 Å². The van der Waals surface area contributed by atoms with Gasteiger partial charge in [-0.1, -0.05) is 32.9 Å². The van der Waals surface area contributed by atoms with Crippen LogP contribution in [0.1, 0.15) is 39.2 Å². The topological polar surface area (TPSA) is 29.5 Å². The van der Waals surface area contributed by atoms with Crippen LogP contribution in [-0.4, -0.2) is 17.1 Å². The number of hydrogen-bond acceptors (Lipinski definition) is 2. The normalized spacial score (nSPS) is 28.6. The molecular weight excluding hydrogens is 281 g/mol. The summed E-state index contributed by atoms with van der Waals surface area (Å²) in [7, 11) is 0. The standard InChI is InChI=1S/C16H21F3O2/c1-11-8-14(2,3)10-15(11,20)9-12-4-6-13(7-5-12)21-16(17,18)19/h4-7,11,20H,8-10H2,1-3H3. The number of benzene rings is 1. The van der Waals surface area contributed by atoms with Gasteiger partial charge in [-0.3, -0.25) is 0 Å². The third-order valence-corrected chi connectivity index (χ3v) is 4.23. The van der Waals surface area contributed by atoms with E-state index < -0.39 is 12.0 Å². The number of alkyl halides is 3. The van der Waals surface area contributed by atoms with Crippen LogP contribution >= 0.6 is 0 Å². The minimum absolute atomic E-state index is 0.0908. The van der Waals surface area contributed by atoms with Crippen molar-refractivity contribution >= 4 is 0 Å². The summed E-state index contributed by atoms with van der Waals surface area (Å²) in [6.45, 7) is 6.28. The fraction of sp³-hybridized carbons (Fsp3) is 0.625. The molecule has 21 heavy (non-hydrogen) atoms. The van der Waals surface area contributed by atoms with Crippen molar-refractivity contribution in [1.82, 2.24) is 0 Å². The quantitative estimate of drug-likeness (QED) is 0.901. The second-order valence-corrected chi connectivity index (χ2v) is 6.92. The molecule has 0 amide bonds. The Labute approximate surface area is 122 Å². The van der Waals surface area contributed by atoms with Gasteiger partial charge in [-0.15, -0.1) is 13.2 Å². The van der Waals surface area contributed by atoms with Crippen molar-refractivity contribution in [3.8, 4) is 5.75 Å². The van der Waals surface area contributed by atoms with Gasteiger partial charge in [-0.2, -0.15) is 0 Å². The molecule has 2 nitrogen and oxygen atoms in total. The van der Waals surface area contributed by atoms with Crippen LogP contribution in [0.15, 0.2) is 24.3 Å². The summed E-state index contributed by atoms with van der Waals surface area (Å²) in [4.78, 5) is 0. The second kappa shape index (κ2) is 5.20. The number of aliphatic hydroxyl groups is 1. The van der Waals surface area contributed by atoms with Crippen molar-refractivity contribution in [3.63, 3.8) is 0 Å². The maximum absolute atomic E-state index is 12.1. The van der Waals surface area contributed by atoms with Gasteiger partial charge in [0.2, 0.25) is 0 Å². The number of ether oxygens (including phenoxy) is 1. The SMILES string of the molecule is CC1CC(C)(C)CC1(O)Cc1ccc(OC(F)(F)F)cc1. The zero-order valence-electron chi connectivity index (χ0n) is 12.5. The Bertz CT molecular complexity index is 493. The minimum Gasteiger partial charge on any atom is -0.406 e. The minimum atomic E-state index is -4.68. The van der Waals surface area contributed by atoms with Crippen molar-refractivity contribution < 1.29 is 23.0 Å². The highest BCUT2D eigenvalue weighted by atomic mass is 19.4. The monoisotopic (exact) mass is 302 g/mol. The molecule has 0 bridgehead atoms. The number of halogens is 3. The van der Waals surface area contributed by atoms with E-state index in [1.165, 1.54) is 12.1 Å². The molecule has 0 aliphatic heterocycles. The molecule has 5 heteroatoms. The Morgan fingerprint density at radius 2 is 1.81 bits per heavy atom. The zero-order chi connectivity index (χ0) is 15.9. The first-order valence-corrected chi connectivity index (χ1v) is 7.06. The largest absolute Gasteiger partial charge is 0.573 e. The summed E-state index contributed by atoms with van der Waals surface area (Å²) in [5.74, 6) is -0.0726. The van der Waals surface area contributed by atoms with Gasteiger partial charge in [0.25, 0.3) is 0 Å². The Morgan fingerprint density at radius 3 is 2.24 bits per heavy atom. The fourth-order valence-electron chi connectivity index (χ4n) is 3.49. The molecule has 1 aliphatic carbocycles. The van der Waals surface area contributed by atoms with Crippen molar-refractivity contribution in [2.24, 2.45) is 11.3 Å². The lowest BCUT2D eigenvalue weighted by atomic mass is 9.84. The predicted molar refractivity (Wildman–Crippen MR) is 74.0 cm³/mol. The summed E-state index contributed by atoms with van der Waals surface area (Å²) >= 11 is 0. The van der Waals surface area contributed by atoms with E-state index in [0.29, 0.717) is 12.8 Å². The molecule has 1 aromatic carbocycles. The molecular formula is C16H21F3O2. The number of rotatable bonds is 3. The van der Waals surface area contributed by atoms with Crippen molar-refractivity contribution in [2.45, 2.75) is 52.0 Å². The molecule has 0 heterocycles. The first-order valence-electron chi connectivity index (χ1n) is 7.06. The summed E-state index contributed by atoms with van der Waals surface area (Å²) in [5.41, 5.74) is 0.111. The van der Waals surface area contributed by atoms with Crippen LogP contribution in [0, 0.1) is 11.3 Å². The molecule has 1 saturated carbocycles. The second-order valence-electron chi connectivity index (χ2n) is 6.92. The maximum atomic E-state index is 12.1. The van der Waals surface area contributed by atoms with Crippen molar-refractivity contribution in [3.05, 3.63) is 29.8 Å². The first-order chi connectivity index (χ1) is 9.49. The van der Waals surface area contributed by atoms with Gasteiger partial charge in [-0.25, -0.2) is 0 Å². The molecule has 0 saturated heterocycles. The molecule has 2 rings (SSSR count). The Balaban J connectivity index is 2.07. The number of hydrogen-bond donors (Lipinski definition) is 1. The van der Waals surface area contributed by atoms with Gasteiger partial charge in [-0.05, 0) is 41.9 Å². The molecule has 2 atom stereocenters. The van der Waals surface area contributed by atoms with E-state index in [9.17, 15) is 18.3 Å². The average molecular weight is 302 g/mol. The van der Waals surface area contributed by atoms with Gasteiger partial charge in [0, 0.05) is 6.42 Å². The molecule has 1 N–H and O–H groups in total. The van der Waals surface area contributed by atoms with E-state index >= 15 is 0 Å². The smallest absolute Gasteiger partial charge is 0.406 e. The van der Waals surface area contributed by atoms with Crippen LogP contribution in [0.3, 0.4) is 0 Å². The van der Waals surface area contributed by atoms with Gasteiger partial charge in [0.15, 0.2) is 0 Å². The molecule has 1 fully saturated rings. The molecule has 1 aliphatic rings. The van der Waals surface area contributed by atoms with Crippen LogP contribution in [0.25, 0.3) is 0 Å². The molecule has 1 aromatic rings. The third-order valence-electron chi connectivity index (χ3n) is 4.23.